The number of halogens is 6. The summed E-state index contributed by atoms with van der Waals surface area (Å²) in [7, 11) is 0. The quantitative estimate of drug-likeness (QED) is 0.334. The van der Waals surface area contributed by atoms with E-state index in [4.69, 9.17) is 5.73 Å². The van der Waals surface area contributed by atoms with Crippen LogP contribution in [0, 0.1) is 11.7 Å². The van der Waals surface area contributed by atoms with Gasteiger partial charge in [-0.15, -0.1) is 0 Å². The molecule has 1 fully saturated rings. The highest BCUT2D eigenvalue weighted by Crippen LogP contribution is 2.40. The van der Waals surface area contributed by atoms with E-state index < -0.39 is 71.4 Å². The van der Waals surface area contributed by atoms with Crippen molar-refractivity contribution >= 4 is 17.6 Å². The molecule has 2 amide bonds. The van der Waals surface area contributed by atoms with Gasteiger partial charge in [-0.2, -0.15) is 13.2 Å². The van der Waals surface area contributed by atoms with E-state index in [1.54, 1.807) is 0 Å². The average molecular weight is 481 g/mol. The number of nitrogens with two attached hydrogens (primary N) is 1. The molecular weight excluding hydrogens is 456 g/mol. The predicted octanol–water partition coefficient (Wildman–Crippen LogP) is 3.16. The van der Waals surface area contributed by atoms with Gasteiger partial charge in [0.2, 0.25) is 17.6 Å². The van der Waals surface area contributed by atoms with Crippen molar-refractivity contribution in [2.75, 3.05) is 0 Å². The molecule has 1 aliphatic rings. The van der Waals surface area contributed by atoms with Crippen molar-refractivity contribution in [3.8, 4) is 0 Å². The van der Waals surface area contributed by atoms with Crippen molar-refractivity contribution in [1.82, 2.24) is 10.6 Å². The zero-order valence-corrected chi connectivity index (χ0v) is 17.9. The Morgan fingerprint density at radius 2 is 1.64 bits per heavy atom. The minimum absolute atomic E-state index is 0.301. The van der Waals surface area contributed by atoms with E-state index in [9.17, 15) is 40.7 Å². The van der Waals surface area contributed by atoms with E-state index in [2.05, 4.69) is 5.32 Å². The molecule has 0 aliphatic heterocycles. The van der Waals surface area contributed by atoms with Crippen molar-refractivity contribution in [3.63, 3.8) is 0 Å². The Bertz CT molecular complexity index is 881. The van der Waals surface area contributed by atoms with Crippen LogP contribution in [0.3, 0.4) is 0 Å². The molecular formula is C21H25F6N3O3. The van der Waals surface area contributed by atoms with Gasteiger partial charge in [-0.3, -0.25) is 19.7 Å². The van der Waals surface area contributed by atoms with Crippen LogP contribution in [0.2, 0.25) is 0 Å². The first-order valence-electron chi connectivity index (χ1n) is 10.2. The molecule has 4 N–H and O–H groups in total. The molecule has 0 bridgehead atoms. The van der Waals surface area contributed by atoms with Gasteiger partial charge in [-0.05, 0) is 43.9 Å². The molecule has 1 aromatic carbocycles. The third-order valence-corrected chi connectivity index (χ3v) is 5.42. The third-order valence-electron chi connectivity index (χ3n) is 5.42. The van der Waals surface area contributed by atoms with Crippen molar-refractivity contribution < 1.29 is 40.7 Å². The summed E-state index contributed by atoms with van der Waals surface area (Å²) in [5.41, 5.74) is 1.81. The number of primary amides is 1. The first kappa shape index (κ1) is 26.6. The second-order valence-electron chi connectivity index (χ2n) is 8.33. The van der Waals surface area contributed by atoms with Crippen LogP contribution < -0.4 is 16.4 Å². The fourth-order valence-electron chi connectivity index (χ4n) is 3.76. The van der Waals surface area contributed by atoms with Crippen LogP contribution in [0.5, 0.6) is 0 Å². The number of ketones is 1. The molecule has 184 valence electrons. The van der Waals surface area contributed by atoms with E-state index in [1.807, 2.05) is 5.32 Å². The van der Waals surface area contributed by atoms with E-state index in [0.717, 1.165) is 24.3 Å². The Kier molecular flexibility index (Phi) is 7.82. The molecule has 12 heteroatoms. The van der Waals surface area contributed by atoms with Crippen LogP contribution in [0.4, 0.5) is 26.3 Å². The second-order valence-corrected chi connectivity index (χ2v) is 8.33. The molecule has 1 aromatic rings. The molecule has 0 spiro atoms. The summed E-state index contributed by atoms with van der Waals surface area (Å²) in [5.74, 6) is -10.7. The van der Waals surface area contributed by atoms with Gasteiger partial charge in [0, 0.05) is 12.5 Å². The van der Waals surface area contributed by atoms with E-state index in [-0.39, 0.29) is 6.04 Å². The van der Waals surface area contributed by atoms with Gasteiger partial charge in [0.15, 0.2) is 0 Å². The number of hydrogen-bond acceptors (Lipinski definition) is 4. The first-order valence-corrected chi connectivity index (χ1v) is 10.2. The topological polar surface area (TPSA) is 101 Å². The maximum Gasteiger partial charge on any atom is 0.407 e. The van der Waals surface area contributed by atoms with E-state index in [0.29, 0.717) is 19.8 Å². The Morgan fingerprint density at radius 3 is 2.03 bits per heavy atom. The fraction of sp³-hybridized carbons (Fsp3) is 0.571. The lowest BCUT2D eigenvalue weighted by molar-refractivity contribution is -0.172. The molecule has 6 nitrogen and oxygen atoms in total. The van der Waals surface area contributed by atoms with Crippen LogP contribution in [0.25, 0.3) is 0 Å². The van der Waals surface area contributed by atoms with Gasteiger partial charge in [0.25, 0.3) is 5.91 Å². The largest absolute Gasteiger partial charge is 0.407 e. The molecule has 3 atom stereocenters. The first-order chi connectivity index (χ1) is 15.1. The number of hydrogen-bond donors (Lipinski definition) is 3. The van der Waals surface area contributed by atoms with Crippen LogP contribution >= 0.6 is 0 Å². The van der Waals surface area contributed by atoms with Gasteiger partial charge in [-0.25, -0.2) is 13.2 Å². The molecule has 2 rings (SSSR count). The fourth-order valence-corrected chi connectivity index (χ4v) is 3.76. The molecule has 33 heavy (non-hydrogen) atoms. The summed E-state index contributed by atoms with van der Waals surface area (Å²) in [6.45, 7) is 1.62. The number of benzene rings is 1. The summed E-state index contributed by atoms with van der Waals surface area (Å²) in [5, 5.41) is 4.20. The SMILES string of the molecule is CC[C@H](C(=O)C(=O)NC1CC1)C(CC(C)(F)F)(N[C@@H](c1ccc(F)cc1)C(F)(F)F)C(N)=O. The predicted molar refractivity (Wildman–Crippen MR) is 105 cm³/mol. The molecule has 1 unspecified atom stereocenters. The van der Waals surface area contributed by atoms with Crippen LogP contribution in [0.1, 0.15) is 51.1 Å². The van der Waals surface area contributed by atoms with Gasteiger partial charge in [-0.1, -0.05) is 19.1 Å². The number of alkyl halides is 5. The monoisotopic (exact) mass is 481 g/mol. The minimum atomic E-state index is -5.15. The van der Waals surface area contributed by atoms with Crippen molar-refractivity contribution in [2.24, 2.45) is 11.7 Å². The number of nitrogens with one attached hydrogen (secondary N) is 2. The summed E-state index contributed by atoms with van der Waals surface area (Å²) >= 11 is 0. The van der Waals surface area contributed by atoms with Crippen LogP contribution in [-0.4, -0.2) is 41.3 Å². The van der Waals surface area contributed by atoms with Crippen molar-refractivity contribution in [2.45, 2.75) is 69.3 Å². The maximum atomic E-state index is 14.2. The summed E-state index contributed by atoms with van der Waals surface area (Å²) in [4.78, 5) is 37.7. The van der Waals surface area contributed by atoms with Gasteiger partial charge >= 0.3 is 6.18 Å². The highest BCUT2D eigenvalue weighted by atomic mass is 19.4. The minimum Gasteiger partial charge on any atom is -0.368 e. The van der Waals surface area contributed by atoms with Crippen LogP contribution in [-0.2, 0) is 14.4 Å². The number of rotatable bonds is 11. The van der Waals surface area contributed by atoms with Crippen LogP contribution in [0.15, 0.2) is 24.3 Å². The zero-order chi connectivity index (χ0) is 25.2. The van der Waals surface area contributed by atoms with Gasteiger partial charge in [0.05, 0.1) is 5.92 Å². The number of amides is 2. The lowest BCUT2D eigenvalue weighted by atomic mass is 9.73. The standard InChI is InChI=1S/C21H25F6N3O3/c1-3-14(15(31)17(32)29-13-8-9-13)20(18(28)33,10-19(2,23)24)30-16(21(25,26)27)11-4-6-12(22)7-5-11/h4-7,13-14,16,30H,3,8-10H2,1-2H3,(H2,28,33)(H,29,32)/t14-,16+,20?/m1/s1. The summed E-state index contributed by atoms with van der Waals surface area (Å²) < 4.78 is 83.5. The Labute approximate surface area is 186 Å². The number of carbonyl (C=O) groups is 3. The smallest absolute Gasteiger partial charge is 0.368 e. The lowest BCUT2D eigenvalue weighted by Gasteiger charge is -2.42. The van der Waals surface area contributed by atoms with Gasteiger partial charge in [0.1, 0.15) is 17.4 Å². The Morgan fingerprint density at radius 1 is 1.09 bits per heavy atom. The average Bonchev–Trinajstić information content (AvgIpc) is 3.48. The number of carbonyl (C=O) groups excluding carboxylic acids is 3. The summed E-state index contributed by atoms with van der Waals surface area (Å²) in [6.07, 6.45) is -5.99. The second kappa shape index (κ2) is 9.70. The van der Waals surface area contributed by atoms with E-state index >= 15 is 0 Å². The molecule has 0 saturated heterocycles. The molecule has 0 heterocycles. The molecule has 1 saturated carbocycles. The molecule has 0 radical (unpaired) electrons. The number of Topliss-reactive ketones (excluding diaryl/α,β-unsaturated/α-hetero) is 1. The summed E-state index contributed by atoms with van der Waals surface area (Å²) in [6, 6.07) is -0.0906. The highest BCUT2D eigenvalue weighted by molar-refractivity contribution is 6.37. The normalized spacial score (nSPS) is 18.2. The van der Waals surface area contributed by atoms with Crippen molar-refractivity contribution in [3.05, 3.63) is 35.6 Å². The Hall–Kier alpha value is -2.63. The lowest BCUT2D eigenvalue weighted by Crippen LogP contribution is -2.67. The van der Waals surface area contributed by atoms with Gasteiger partial charge < -0.3 is 11.1 Å². The highest BCUT2D eigenvalue weighted by Gasteiger charge is 2.57. The van der Waals surface area contributed by atoms with E-state index in [1.165, 1.54) is 6.92 Å². The van der Waals surface area contributed by atoms with Crippen molar-refractivity contribution in [1.29, 1.82) is 0 Å². The zero-order valence-electron chi connectivity index (χ0n) is 17.9. The molecule has 0 aromatic heterocycles. The Balaban J connectivity index is 2.60. The maximum absolute atomic E-state index is 14.2. The molecule has 1 aliphatic carbocycles. The third kappa shape index (κ3) is 6.68.